The molecule has 0 spiro atoms. The second-order valence-electron chi connectivity index (χ2n) is 3.57. The summed E-state index contributed by atoms with van der Waals surface area (Å²) in [7, 11) is 0. The Bertz CT molecular complexity index is 244. The first-order valence-electron chi connectivity index (χ1n) is 5.00. The fraction of sp³-hybridized carbons (Fsp3) is 0.889. The number of esters is 1. The lowest BCUT2D eigenvalue weighted by molar-refractivity contribution is -0.287. The molecule has 1 heterocycles. The molecule has 94 valence electrons. The van der Waals surface area contributed by atoms with E-state index >= 15 is 0 Å². The van der Waals surface area contributed by atoms with E-state index in [9.17, 15) is 20.1 Å². The molecule has 1 rings (SSSR count). The van der Waals surface area contributed by atoms with Crippen LogP contribution in [0.3, 0.4) is 0 Å². The maximum Gasteiger partial charge on any atom is 0.305 e. The molecule has 1 aliphatic rings. The van der Waals surface area contributed by atoms with Crippen LogP contribution in [0.5, 0.6) is 0 Å². The molecule has 0 aromatic heterocycles. The van der Waals surface area contributed by atoms with Gasteiger partial charge in [-0.25, -0.2) is 0 Å². The summed E-state index contributed by atoms with van der Waals surface area (Å²) >= 11 is 0. The van der Waals surface area contributed by atoms with Gasteiger partial charge in [0.05, 0.1) is 0 Å². The van der Waals surface area contributed by atoms with Crippen molar-refractivity contribution in [2.24, 2.45) is 0 Å². The van der Waals surface area contributed by atoms with Crippen LogP contribution >= 0.6 is 0 Å². The first kappa shape index (κ1) is 13.3. The second-order valence-corrected chi connectivity index (χ2v) is 3.57. The van der Waals surface area contributed by atoms with E-state index in [1.807, 2.05) is 0 Å². The van der Waals surface area contributed by atoms with E-state index in [-0.39, 0.29) is 13.0 Å². The van der Waals surface area contributed by atoms with Crippen molar-refractivity contribution < 1.29 is 34.7 Å². The molecule has 1 fully saturated rings. The standard InChI is InChI=1S/C9H16O7/c1-2-5(10)15-3-4-6(11)7(12)8(13)9(14)16-4/h4,6-9,11-14H,2-3H2,1H3/t4-,6-,7+,8-,9-/m1/s1. The van der Waals surface area contributed by atoms with Crippen LogP contribution in [0.15, 0.2) is 0 Å². The molecule has 0 saturated carbocycles. The highest BCUT2D eigenvalue weighted by Gasteiger charge is 2.43. The highest BCUT2D eigenvalue weighted by Crippen LogP contribution is 2.20. The maximum atomic E-state index is 10.9. The third kappa shape index (κ3) is 2.89. The van der Waals surface area contributed by atoms with Crippen molar-refractivity contribution in [3.05, 3.63) is 0 Å². The Kier molecular flexibility index (Phi) is 4.63. The van der Waals surface area contributed by atoms with Gasteiger partial charge in [0, 0.05) is 6.42 Å². The molecule has 0 aromatic carbocycles. The van der Waals surface area contributed by atoms with Crippen LogP contribution in [-0.4, -0.2) is 63.7 Å². The molecule has 0 unspecified atom stereocenters. The summed E-state index contributed by atoms with van der Waals surface area (Å²) in [5.41, 5.74) is 0. The van der Waals surface area contributed by atoms with Crippen LogP contribution in [0.2, 0.25) is 0 Å². The quantitative estimate of drug-likeness (QED) is 0.408. The largest absolute Gasteiger partial charge is 0.463 e. The van der Waals surface area contributed by atoms with E-state index in [1.54, 1.807) is 6.92 Å². The van der Waals surface area contributed by atoms with Gasteiger partial charge in [0.1, 0.15) is 31.0 Å². The number of aliphatic hydroxyl groups is 4. The van der Waals surface area contributed by atoms with Gasteiger partial charge in [0.15, 0.2) is 6.29 Å². The summed E-state index contributed by atoms with van der Waals surface area (Å²) in [6, 6.07) is 0. The van der Waals surface area contributed by atoms with Crippen molar-refractivity contribution in [2.75, 3.05) is 6.61 Å². The molecular formula is C9H16O7. The molecule has 1 saturated heterocycles. The summed E-state index contributed by atoms with van der Waals surface area (Å²) in [5.74, 6) is -0.481. The number of ether oxygens (including phenoxy) is 2. The van der Waals surface area contributed by atoms with Crippen molar-refractivity contribution in [1.29, 1.82) is 0 Å². The molecule has 16 heavy (non-hydrogen) atoms. The lowest BCUT2D eigenvalue weighted by Gasteiger charge is -2.37. The Morgan fingerprint density at radius 3 is 2.38 bits per heavy atom. The van der Waals surface area contributed by atoms with Crippen LogP contribution in [0.25, 0.3) is 0 Å². The third-order valence-electron chi connectivity index (χ3n) is 2.38. The number of carbonyl (C=O) groups excluding carboxylic acids is 1. The highest BCUT2D eigenvalue weighted by atomic mass is 16.6. The van der Waals surface area contributed by atoms with Gasteiger partial charge in [-0.3, -0.25) is 4.79 Å². The monoisotopic (exact) mass is 236 g/mol. The van der Waals surface area contributed by atoms with Crippen molar-refractivity contribution in [1.82, 2.24) is 0 Å². The van der Waals surface area contributed by atoms with E-state index in [2.05, 4.69) is 0 Å². The topological polar surface area (TPSA) is 116 Å². The molecule has 7 heteroatoms. The molecule has 0 radical (unpaired) electrons. The Morgan fingerprint density at radius 1 is 1.19 bits per heavy atom. The predicted octanol–water partition coefficient (Wildman–Crippen LogP) is -2.26. The van der Waals surface area contributed by atoms with Gasteiger partial charge in [-0.2, -0.15) is 0 Å². The van der Waals surface area contributed by atoms with Crippen molar-refractivity contribution in [2.45, 2.75) is 44.1 Å². The zero-order valence-corrected chi connectivity index (χ0v) is 8.81. The summed E-state index contributed by atoms with van der Waals surface area (Å²) in [6.45, 7) is 1.32. The predicted molar refractivity (Wildman–Crippen MR) is 50.2 cm³/mol. The highest BCUT2D eigenvalue weighted by molar-refractivity contribution is 5.68. The van der Waals surface area contributed by atoms with Gasteiger partial charge in [-0.05, 0) is 0 Å². The molecule has 0 amide bonds. The van der Waals surface area contributed by atoms with Crippen LogP contribution < -0.4 is 0 Å². The van der Waals surface area contributed by atoms with Gasteiger partial charge in [0.2, 0.25) is 0 Å². The minimum absolute atomic E-state index is 0.177. The Labute approximate surface area is 92.2 Å². The van der Waals surface area contributed by atoms with E-state index in [4.69, 9.17) is 14.6 Å². The summed E-state index contributed by atoms with van der Waals surface area (Å²) in [4.78, 5) is 10.9. The molecule has 0 aliphatic carbocycles. The fourth-order valence-corrected chi connectivity index (χ4v) is 1.35. The molecule has 5 atom stereocenters. The molecule has 7 nitrogen and oxygen atoms in total. The first-order chi connectivity index (χ1) is 7.47. The third-order valence-corrected chi connectivity index (χ3v) is 2.38. The minimum Gasteiger partial charge on any atom is -0.463 e. The number of hydrogen-bond acceptors (Lipinski definition) is 7. The van der Waals surface area contributed by atoms with Crippen LogP contribution in [-0.2, 0) is 14.3 Å². The zero-order chi connectivity index (χ0) is 12.3. The minimum atomic E-state index is -1.61. The number of hydrogen-bond donors (Lipinski definition) is 4. The van der Waals surface area contributed by atoms with Gasteiger partial charge < -0.3 is 29.9 Å². The van der Waals surface area contributed by atoms with Gasteiger partial charge in [0.25, 0.3) is 0 Å². The Balaban J connectivity index is 2.50. The summed E-state index contributed by atoms with van der Waals surface area (Å²) in [6.07, 6.45) is -7.01. The lowest BCUT2D eigenvalue weighted by Crippen LogP contribution is -2.58. The molecule has 0 bridgehead atoms. The average molecular weight is 236 g/mol. The molecule has 4 N–H and O–H groups in total. The zero-order valence-electron chi connectivity index (χ0n) is 8.81. The van der Waals surface area contributed by atoms with Gasteiger partial charge in [-0.1, -0.05) is 6.92 Å². The fourth-order valence-electron chi connectivity index (χ4n) is 1.35. The molecule has 1 aliphatic heterocycles. The first-order valence-corrected chi connectivity index (χ1v) is 5.00. The van der Waals surface area contributed by atoms with Crippen LogP contribution in [0, 0.1) is 0 Å². The van der Waals surface area contributed by atoms with Crippen LogP contribution in [0.1, 0.15) is 13.3 Å². The SMILES string of the molecule is CCC(=O)OC[C@H]1O[C@@H](O)[C@H](O)[C@@H](O)[C@@H]1O. The average Bonchev–Trinajstić information content (AvgIpc) is 2.28. The maximum absolute atomic E-state index is 10.9. The molecule has 0 aromatic rings. The summed E-state index contributed by atoms with van der Waals surface area (Å²) in [5, 5.41) is 37.1. The summed E-state index contributed by atoms with van der Waals surface area (Å²) < 4.78 is 9.50. The van der Waals surface area contributed by atoms with Crippen molar-refractivity contribution in [3.8, 4) is 0 Å². The Hall–Kier alpha value is -0.730. The van der Waals surface area contributed by atoms with Gasteiger partial charge >= 0.3 is 5.97 Å². The number of aliphatic hydroxyl groups excluding tert-OH is 4. The Morgan fingerprint density at radius 2 is 1.81 bits per heavy atom. The smallest absolute Gasteiger partial charge is 0.305 e. The number of rotatable bonds is 3. The molecular weight excluding hydrogens is 220 g/mol. The van der Waals surface area contributed by atoms with Crippen LogP contribution in [0.4, 0.5) is 0 Å². The number of carbonyl (C=O) groups is 1. The van der Waals surface area contributed by atoms with E-state index in [0.717, 1.165) is 0 Å². The van der Waals surface area contributed by atoms with E-state index in [1.165, 1.54) is 0 Å². The second kappa shape index (κ2) is 5.55. The van der Waals surface area contributed by atoms with Gasteiger partial charge in [-0.15, -0.1) is 0 Å². The van der Waals surface area contributed by atoms with E-state index in [0.29, 0.717) is 0 Å². The van der Waals surface area contributed by atoms with E-state index < -0.39 is 36.7 Å². The lowest BCUT2D eigenvalue weighted by atomic mass is 9.99. The van der Waals surface area contributed by atoms with Crippen molar-refractivity contribution in [3.63, 3.8) is 0 Å². The van der Waals surface area contributed by atoms with Crippen molar-refractivity contribution >= 4 is 5.97 Å². The normalized spacial score (nSPS) is 39.4.